The zero-order chi connectivity index (χ0) is 16.2. The lowest BCUT2D eigenvalue weighted by Crippen LogP contribution is -2.51. The van der Waals surface area contributed by atoms with E-state index in [1.165, 1.54) is 0 Å². The van der Waals surface area contributed by atoms with E-state index in [9.17, 15) is 14.4 Å². The Morgan fingerprint density at radius 3 is 2.83 bits per heavy atom. The molecule has 0 bridgehead atoms. The summed E-state index contributed by atoms with van der Waals surface area (Å²) < 4.78 is 0. The summed E-state index contributed by atoms with van der Waals surface area (Å²) in [5, 5.41) is 5.27. The standard InChI is InChI=1S/C14H18N6O3/c21-11(9-20-12(22)7-17-14(20)23)18-10-3-1-6-19(8-10)13-15-4-2-5-16-13/h2,4-5,10H,1,3,6-9H2,(H,17,23)(H,18,21)/t10-/m1/s1. The van der Waals surface area contributed by atoms with Gasteiger partial charge in [-0.2, -0.15) is 0 Å². The molecule has 23 heavy (non-hydrogen) atoms. The summed E-state index contributed by atoms with van der Waals surface area (Å²) in [6.07, 6.45) is 5.12. The van der Waals surface area contributed by atoms with Crippen LogP contribution in [0.2, 0.25) is 0 Å². The molecule has 1 aromatic rings. The summed E-state index contributed by atoms with van der Waals surface area (Å²) in [7, 11) is 0. The van der Waals surface area contributed by atoms with Crippen LogP contribution in [0.3, 0.4) is 0 Å². The van der Waals surface area contributed by atoms with Crippen LogP contribution in [0.5, 0.6) is 0 Å². The number of rotatable bonds is 4. The third-order valence-corrected chi connectivity index (χ3v) is 3.86. The van der Waals surface area contributed by atoms with Gasteiger partial charge in [0, 0.05) is 31.5 Å². The maximum absolute atomic E-state index is 12.1. The van der Waals surface area contributed by atoms with Crippen molar-refractivity contribution in [3.05, 3.63) is 18.5 Å². The van der Waals surface area contributed by atoms with E-state index < -0.39 is 6.03 Å². The van der Waals surface area contributed by atoms with Crippen molar-refractivity contribution in [2.75, 3.05) is 31.1 Å². The van der Waals surface area contributed by atoms with Crippen LogP contribution in [0.25, 0.3) is 0 Å². The van der Waals surface area contributed by atoms with E-state index in [0.717, 1.165) is 24.3 Å². The lowest BCUT2D eigenvalue weighted by molar-refractivity contribution is -0.130. The summed E-state index contributed by atoms with van der Waals surface area (Å²) in [5.74, 6) is -0.0788. The van der Waals surface area contributed by atoms with Crippen molar-refractivity contribution in [3.8, 4) is 0 Å². The minimum Gasteiger partial charge on any atom is -0.350 e. The molecular weight excluding hydrogens is 300 g/mol. The molecule has 0 radical (unpaired) electrons. The maximum atomic E-state index is 12.1. The molecule has 2 saturated heterocycles. The summed E-state index contributed by atoms with van der Waals surface area (Å²) in [5.41, 5.74) is 0. The SMILES string of the molecule is O=C(CN1C(=O)CNC1=O)N[C@@H]1CCCN(c2ncccn2)C1. The molecule has 0 unspecified atom stereocenters. The molecule has 9 heteroatoms. The Labute approximate surface area is 133 Å². The second-order valence-corrected chi connectivity index (χ2v) is 5.54. The molecule has 122 valence electrons. The minimum atomic E-state index is -0.520. The minimum absolute atomic E-state index is 0.0470. The molecule has 2 fully saturated rings. The molecule has 4 amide bonds. The van der Waals surface area contributed by atoms with Gasteiger partial charge in [0.05, 0.1) is 6.54 Å². The van der Waals surface area contributed by atoms with E-state index in [0.29, 0.717) is 12.5 Å². The van der Waals surface area contributed by atoms with Crippen molar-refractivity contribution in [2.24, 2.45) is 0 Å². The number of nitrogens with zero attached hydrogens (tertiary/aromatic N) is 4. The molecule has 1 atom stereocenters. The Kier molecular flexibility index (Phi) is 4.35. The monoisotopic (exact) mass is 318 g/mol. The number of aromatic nitrogens is 2. The molecule has 2 aliphatic rings. The third kappa shape index (κ3) is 3.55. The van der Waals surface area contributed by atoms with Crippen LogP contribution >= 0.6 is 0 Å². The largest absolute Gasteiger partial charge is 0.350 e. The summed E-state index contributed by atoms with van der Waals surface area (Å²) in [6.45, 7) is 1.15. The summed E-state index contributed by atoms with van der Waals surface area (Å²) in [4.78, 5) is 46.4. The fourth-order valence-corrected chi connectivity index (χ4v) is 2.76. The normalized spacial score (nSPS) is 21.3. The van der Waals surface area contributed by atoms with Crippen molar-refractivity contribution < 1.29 is 14.4 Å². The smallest absolute Gasteiger partial charge is 0.325 e. The molecule has 0 aromatic carbocycles. The second-order valence-electron chi connectivity index (χ2n) is 5.54. The highest BCUT2D eigenvalue weighted by Crippen LogP contribution is 2.15. The zero-order valence-electron chi connectivity index (χ0n) is 12.6. The average molecular weight is 318 g/mol. The Morgan fingerprint density at radius 2 is 2.13 bits per heavy atom. The van der Waals surface area contributed by atoms with Crippen LogP contribution in [0, 0.1) is 0 Å². The number of piperidine rings is 1. The number of carbonyl (C=O) groups is 3. The first kappa shape index (κ1) is 15.2. The molecule has 0 saturated carbocycles. The van der Waals surface area contributed by atoms with E-state index in [1.54, 1.807) is 18.5 Å². The van der Waals surface area contributed by atoms with Gasteiger partial charge in [-0.1, -0.05) is 0 Å². The van der Waals surface area contributed by atoms with Gasteiger partial charge in [-0.25, -0.2) is 14.8 Å². The molecule has 2 aliphatic heterocycles. The lowest BCUT2D eigenvalue weighted by Gasteiger charge is -2.33. The molecule has 3 heterocycles. The van der Waals surface area contributed by atoms with Crippen LogP contribution in [0.15, 0.2) is 18.5 Å². The number of nitrogens with one attached hydrogen (secondary N) is 2. The first-order chi connectivity index (χ1) is 11.1. The predicted octanol–water partition coefficient (Wildman–Crippen LogP) is -0.887. The van der Waals surface area contributed by atoms with Crippen LogP contribution < -0.4 is 15.5 Å². The second kappa shape index (κ2) is 6.59. The van der Waals surface area contributed by atoms with Crippen molar-refractivity contribution >= 4 is 23.8 Å². The Balaban J connectivity index is 1.54. The number of carbonyl (C=O) groups excluding carboxylic acids is 3. The van der Waals surface area contributed by atoms with Gasteiger partial charge >= 0.3 is 6.03 Å². The van der Waals surface area contributed by atoms with Gasteiger partial charge in [0.1, 0.15) is 6.54 Å². The number of amides is 4. The van der Waals surface area contributed by atoms with E-state index in [-0.39, 0.29) is 30.9 Å². The zero-order valence-corrected chi connectivity index (χ0v) is 12.6. The topological polar surface area (TPSA) is 108 Å². The van der Waals surface area contributed by atoms with Crippen LogP contribution in [-0.2, 0) is 9.59 Å². The Bertz CT molecular complexity index is 592. The van der Waals surface area contributed by atoms with E-state index in [1.807, 2.05) is 4.90 Å². The average Bonchev–Trinajstić information content (AvgIpc) is 2.88. The van der Waals surface area contributed by atoms with Crippen LogP contribution in [0.4, 0.5) is 10.7 Å². The van der Waals surface area contributed by atoms with E-state index in [4.69, 9.17) is 0 Å². The third-order valence-electron chi connectivity index (χ3n) is 3.86. The highest BCUT2D eigenvalue weighted by atomic mass is 16.2. The molecule has 2 N–H and O–H groups in total. The van der Waals surface area contributed by atoms with Gasteiger partial charge in [0.25, 0.3) is 5.91 Å². The van der Waals surface area contributed by atoms with Gasteiger partial charge in [-0.3, -0.25) is 14.5 Å². The van der Waals surface area contributed by atoms with E-state index in [2.05, 4.69) is 20.6 Å². The highest BCUT2D eigenvalue weighted by molar-refractivity contribution is 6.04. The van der Waals surface area contributed by atoms with Crippen molar-refractivity contribution in [3.63, 3.8) is 0 Å². The summed E-state index contributed by atoms with van der Waals surface area (Å²) >= 11 is 0. The molecule has 3 rings (SSSR count). The van der Waals surface area contributed by atoms with Crippen LogP contribution in [0.1, 0.15) is 12.8 Å². The number of anilines is 1. The van der Waals surface area contributed by atoms with Gasteiger partial charge < -0.3 is 15.5 Å². The Morgan fingerprint density at radius 1 is 1.35 bits per heavy atom. The van der Waals surface area contributed by atoms with Gasteiger partial charge in [0.15, 0.2) is 0 Å². The van der Waals surface area contributed by atoms with Crippen molar-refractivity contribution in [1.29, 1.82) is 0 Å². The van der Waals surface area contributed by atoms with E-state index >= 15 is 0 Å². The van der Waals surface area contributed by atoms with Gasteiger partial charge in [0.2, 0.25) is 11.9 Å². The predicted molar refractivity (Wildman–Crippen MR) is 80.5 cm³/mol. The van der Waals surface area contributed by atoms with Gasteiger partial charge in [-0.15, -0.1) is 0 Å². The molecule has 0 aliphatic carbocycles. The first-order valence-corrected chi connectivity index (χ1v) is 7.53. The number of hydrogen-bond acceptors (Lipinski definition) is 6. The molecule has 9 nitrogen and oxygen atoms in total. The van der Waals surface area contributed by atoms with Crippen molar-refractivity contribution in [2.45, 2.75) is 18.9 Å². The van der Waals surface area contributed by atoms with Gasteiger partial charge in [-0.05, 0) is 18.9 Å². The van der Waals surface area contributed by atoms with Crippen LogP contribution in [-0.4, -0.2) is 64.9 Å². The Hall–Kier alpha value is -2.71. The number of urea groups is 1. The summed E-state index contributed by atoms with van der Waals surface area (Å²) in [6, 6.07) is 1.18. The number of hydrogen-bond donors (Lipinski definition) is 2. The fraction of sp³-hybridized carbons (Fsp3) is 0.500. The maximum Gasteiger partial charge on any atom is 0.325 e. The quantitative estimate of drug-likeness (QED) is 0.698. The first-order valence-electron chi connectivity index (χ1n) is 7.53. The van der Waals surface area contributed by atoms with Crippen molar-refractivity contribution in [1.82, 2.24) is 25.5 Å². The molecule has 0 spiro atoms. The highest BCUT2D eigenvalue weighted by Gasteiger charge is 2.31. The molecular formula is C14H18N6O3. The molecule has 1 aromatic heterocycles. The fourth-order valence-electron chi connectivity index (χ4n) is 2.76. The lowest BCUT2D eigenvalue weighted by atomic mass is 10.1. The number of imide groups is 1.